The molecular weight excluding hydrogens is 437 g/mol. The van der Waals surface area contributed by atoms with Gasteiger partial charge in [-0.1, -0.05) is 26.2 Å². The van der Waals surface area contributed by atoms with Crippen LogP contribution in [0.25, 0.3) is 0 Å². The molecule has 0 aromatic heterocycles. The highest BCUT2D eigenvalue weighted by molar-refractivity contribution is 14.0. The third kappa shape index (κ3) is 7.89. The summed E-state index contributed by atoms with van der Waals surface area (Å²) in [6.07, 6.45) is 10.7. The van der Waals surface area contributed by atoms with Gasteiger partial charge in [-0.25, -0.2) is 0 Å². The SMILES string of the molecule is CCCN1CCC(NC(=NC)NCC(C2CCCCC2)N(C)C)CC1.I. The maximum absolute atomic E-state index is 4.48. The number of piperidine rings is 1. The number of nitrogens with zero attached hydrogens (tertiary/aromatic N) is 3. The fourth-order valence-corrected chi connectivity index (χ4v) is 4.50. The second kappa shape index (κ2) is 13.2. The fraction of sp³-hybridized carbons (Fsp3) is 0.950. The number of guanidine groups is 1. The van der Waals surface area contributed by atoms with Crippen LogP contribution in [0, 0.1) is 5.92 Å². The Labute approximate surface area is 178 Å². The van der Waals surface area contributed by atoms with E-state index in [1.54, 1.807) is 0 Å². The van der Waals surface area contributed by atoms with Crippen LogP contribution in [0.15, 0.2) is 4.99 Å². The normalized spacial score (nSPS) is 22.1. The van der Waals surface area contributed by atoms with Crippen LogP contribution in [-0.4, -0.2) is 75.2 Å². The lowest BCUT2D eigenvalue weighted by atomic mass is 9.83. The first-order valence-electron chi connectivity index (χ1n) is 10.5. The molecule has 1 saturated carbocycles. The van der Waals surface area contributed by atoms with E-state index in [4.69, 9.17) is 0 Å². The number of likely N-dealkylation sites (tertiary alicyclic amines) is 1. The summed E-state index contributed by atoms with van der Waals surface area (Å²) in [5, 5.41) is 7.27. The van der Waals surface area contributed by atoms with Crippen molar-refractivity contribution in [2.75, 3.05) is 47.3 Å². The molecule has 154 valence electrons. The van der Waals surface area contributed by atoms with E-state index in [0.29, 0.717) is 12.1 Å². The van der Waals surface area contributed by atoms with Crippen molar-refractivity contribution >= 4 is 29.9 Å². The quantitative estimate of drug-likeness (QED) is 0.335. The summed E-state index contributed by atoms with van der Waals surface area (Å²) in [4.78, 5) is 9.46. The van der Waals surface area contributed by atoms with Gasteiger partial charge in [0.2, 0.25) is 0 Å². The zero-order valence-electron chi connectivity index (χ0n) is 17.5. The van der Waals surface area contributed by atoms with E-state index in [1.165, 1.54) is 71.0 Å². The fourth-order valence-electron chi connectivity index (χ4n) is 4.50. The lowest BCUT2D eigenvalue weighted by Crippen LogP contribution is -2.52. The van der Waals surface area contributed by atoms with Gasteiger partial charge in [0, 0.05) is 38.8 Å². The summed E-state index contributed by atoms with van der Waals surface area (Å²) in [5.41, 5.74) is 0. The van der Waals surface area contributed by atoms with Gasteiger partial charge in [-0.2, -0.15) is 0 Å². The van der Waals surface area contributed by atoms with Gasteiger partial charge in [0.15, 0.2) is 5.96 Å². The van der Waals surface area contributed by atoms with Crippen LogP contribution < -0.4 is 10.6 Å². The average Bonchev–Trinajstić information content (AvgIpc) is 2.63. The third-order valence-electron chi connectivity index (χ3n) is 6.03. The van der Waals surface area contributed by atoms with Crippen LogP contribution in [0.3, 0.4) is 0 Å². The van der Waals surface area contributed by atoms with Crippen molar-refractivity contribution in [3.05, 3.63) is 0 Å². The van der Waals surface area contributed by atoms with Crippen molar-refractivity contribution in [3.63, 3.8) is 0 Å². The first kappa shape index (κ1) is 24.0. The topological polar surface area (TPSA) is 42.9 Å². The Morgan fingerprint density at radius 1 is 1.12 bits per heavy atom. The van der Waals surface area contributed by atoms with Crippen LogP contribution in [0.2, 0.25) is 0 Å². The first-order chi connectivity index (χ1) is 12.1. The summed E-state index contributed by atoms with van der Waals surface area (Å²) < 4.78 is 0. The molecule has 1 aliphatic carbocycles. The number of likely N-dealkylation sites (N-methyl/N-ethyl adjacent to an activating group) is 1. The Kier molecular flexibility index (Phi) is 12.1. The molecule has 0 amide bonds. The predicted molar refractivity (Wildman–Crippen MR) is 124 cm³/mol. The van der Waals surface area contributed by atoms with Crippen LogP contribution in [-0.2, 0) is 0 Å². The molecule has 2 fully saturated rings. The van der Waals surface area contributed by atoms with Crippen molar-refractivity contribution in [3.8, 4) is 0 Å². The van der Waals surface area contributed by atoms with E-state index < -0.39 is 0 Å². The van der Waals surface area contributed by atoms with Crippen molar-refractivity contribution < 1.29 is 0 Å². The number of hydrogen-bond acceptors (Lipinski definition) is 3. The Bertz CT molecular complexity index is 388. The van der Waals surface area contributed by atoms with Gasteiger partial charge in [0.25, 0.3) is 0 Å². The van der Waals surface area contributed by atoms with Gasteiger partial charge < -0.3 is 20.4 Å². The molecule has 1 unspecified atom stereocenters. The van der Waals surface area contributed by atoms with Crippen molar-refractivity contribution in [1.29, 1.82) is 0 Å². The van der Waals surface area contributed by atoms with E-state index in [2.05, 4.69) is 46.4 Å². The van der Waals surface area contributed by atoms with Gasteiger partial charge >= 0.3 is 0 Å². The van der Waals surface area contributed by atoms with Crippen LogP contribution >= 0.6 is 24.0 Å². The molecule has 1 atom stereocenters. The molecule has 2 aliphatic rings. The maximum atomic E-state index is 4.48. The molecule has 2 rings (SSSR count). The van der Waals surface area contributed by atoms with Gasteiger partial charge in [-0.15, -0.1) is 24.0 Å². The molecule has 1 aliphatic heterocycles. The maximum Gasteiger partial charge on any atom is 0.191 e. The Morgan fingerprint density at radius 2 is 1.77 bits per heavy atom. The smallest absolute Gasteiger partial charge is 0.191 e. The first-order valence-corrected chi connectivity index (χ1v) is 10.5. The molecule has 0 bridgehead atoms. The van der Waals surface area contributed by atoms with Crippen molar-refractivity contribution in [1.82, 2.24) is 20.4 Å². The lowest BCUT2D eigenvalue weighted by Gasteiger charge is -2.36. The number of rotatable bonds is 7. The number of halogens is 1. The molecule has 5 nitrogen and oxygen atoms in total. The van der Waals surface area contributed by atoms with E-state index in [9.17, 15) is 0 Å². The largest absolute Gasteiger partial charge is 0.355 e. The highest BCUT2D eigenvalue weighted by atomic mass is 127. The molecule has 0 aromatic rings. The van der Waals surface area contributed by atoms with E-state index in [1.807, 2.05) is 7.05 Å². The van der Waals surface area contributed by atoms with Gasteiger partial charge in [0.05, 0.1) is 0 Å². The minimum absolute atomic E-state index is 0. The monoisotopic (exact) mass is 479 g/mol. The summed E-state index contributed by atoms with van der Waals surface area (Å²) in [6, 6.07) is 1.16. The summed E-state index contributed by atoms with van der Waals surface area (Å²) in [5.74, 6) is 1.81. The summed E-state index contributed by atoms with van der Waals surface area (Å²) in [6.45, 7) is 6.93. The zero-order valence-corrected chi connectivity index (χ0v) is 19.8. The Morgan fingerprint density at radius 3 is 2.31 bits per heavy atom. The van der Waals surface area contributed by atoms with Crippen LogP contribution in [0.4, 0.5) is 0 Å². The minimum atomic E-state index is 0. The van der Waals surface area contributed by atoms with E-state index in [-0.39, 0.29) is 24.0 Å². The van der Waals surface area contributed by atoms with Crippen LogP contribution in [0.5, 0.6) is 0 Å². The minimum Gasteiger partial charge on any atom is -0.355 e. The second-order valence-electron chi connectivity index (χ2n) is 8.14. The molecular formula is C20H42IN5. The van der Waals surface area contributed by atoms with E-state index >= 15 is 0 Å². The lowest BCUT2D eigenvalue weighted by molar-refractivity contribution is 0.170. The zero-order chi connectivity index (χ0) is 18.1. The molecule has 0 aromatic carbocycles. The number of aliphatic imine (C=N–C) groups is 1. The number of hydrogen-bond donors (Lipinski definition) is 2. The molecule has 0 radical (unpaired) electrons. The molecule has 1 saturated heterocycles. The van der Waals surface area contributed by atoms with Crippen molar-refractivity contribution in [2.24, 2.45) is 10.9 Å². The highest BCUT2D eigenvalue weighted by Gasteiger charge is 2.26. The molecule has 26 heavy (non-hydrogen) atoms. The third-order valence-corrected chi connectivity index (χ3v) is 6.03. The standard InChI is InChI=1S/C20H41N5.HI/c1-5-13-25-14-11-18(12-15-25)23-20(21-2)22-16-19(24(3)4)17-9-7-6-8-10-17;/h17-19H,5-16H2,1-4H3,(H2,21,22,23);1H. The number of nitrogens with one attached hydrogen (secondary N) is 2. The van der Waals surface area contributed by atoms with E-state index in [0.717, 1.165) is 18.4 Å². The summed E-state index contributed by atoms with van der Waals surface area (Å²) in [7, 11) is 6.34. The molecule has 2 N–H and O–H groups in total. The van der Waals surface area contributed by atoms with Gasteiger partial charge in [0.1, 0.15) is 0 Å². The second-order valence-corrected chi connectivity index (χ2v) is 8.14. The van der Waals surface area contributed by atoms with Gasteiger partial charge in [-0.3, -0.25) is 4.99 Å². The van der Waals surface area contributed by atoms with Crippen LogP contribution in [0.1, 0.15) is 58.3 Å². The average molecular weight is 479 g/mol. The Hall–Kier alpha value is -0.0800. The molecule has 6 heteroatoms. The Balaban J connectivity index is 0.00000338. The van der Waals surface area contributed by atoms with Crippen molar-refractivity contribution in [2.45, 2.75) is 70.4 Å². The molecule has 0 spiro atoms. The highest BCUT2D eigenvalue weighted by Crippen LogP contribution is 2.28. The molecule has 1 heterocycles. The predicted octanol–water partition coefficient (Wildman–Crippen LogP) is 3.15. The summed E-state index contributed by atoms with van der Waals surface area (Å²) >= 11 is 0. The van der Waals surface area contributed by atoms with Gasteiger partial charge in [-0.05, 0) is 58.7 Å².